The minimum Gasteiger partial charge on any atom is -0.385 e. The molecule has 6 heteroatoms. The maximum absolute atomic E-state index is 9.31. The lowest BCUT2D eigenvalue weighted by molar-refractivity contribution is 0.163. The van der Waals surface area contributed by atoms with Crippen molar-refractivity contribution in [3.05, 3.63) is 16.4 Å². The van der Waals surface area contributed by atoms with E-state index in [1.165, 1.54) is 0 Å². The molecule has 0 saturated carbocycles. The molecule has 1 aromatic heterocycles. The molecule has 1 atom stereocenters. The maximum Gasteiger partial charge on any atom is 0.227 e. The molecule has 12 heavy (non-hydrogen) atoms. The highest BCUT2D eigenvalue weighted by Crippen LogP contribution is 2.14. The van der Waals surface area contributed by atoms with Gasteiger partial charge in [0.1, 0.15) is 6.10 Å². The molecule has 1 heterocycles. The number of halogens is 2. The van der Waals surface area contributed by atoms with Crippen LogP contribution in [0.2, 0.25) is 10.6 Å². The Morgan fingerprint density at radius 3 is 2.17 bits per heavy atom. The number of hydrogen-bond donors (Lipinski definition) is 1. The molecule has 4 nitrogen and oxygen atoms in total. The van der Waals surface area contributed by atoms with Crippen LogP contribution in [0.1, 0.15) is 25.3 Å². The minimum absolute atomic E-state index is 0.00231. The fraction of sp³-hybridized carbons (Fsp3) is 0.500. The van der Waals surface area contributed by atoms with E-state index in [0.29, 0.717) is 6.42 Å². The van der Waals surface area contributed by atoms with Crippen LogP contribution >= 0.6 is 23.2 Å². The second-order valence-corrected chi connectivity index (χ2v) is 2.83. The van der Waals surface area contributed by atoms with Crippen LogP contribution in [0, 0.1) is 0 Å². The van der Waals surface area contributed by atoms with E-state index in [1.54, 1.807) is 6.92 Å². The van der Waals surface area contributed by atoms with Gasteiger partial charge in [-0.3, -0.25) is 0 Å². The average molecular weight is 208 g/mol. The van der Waals surface area contributed by atoms with E-state index in [9.17, 15) is 5.11 Å². The Bertz CT molecular complexity index is 261. The first kappa shape index (κ1) is 9.64. The number of aromatic nitrogens is 3. The highest BCUT2D eigenvalue weighted by Gasteiger charge is 2.10. The van der Waals surface area contributed by atoms with Gasteiger partial charge in [-0.05, 0) is 29.6 Å². The summed E-state index contributed by atoms with van der Waals surface area (Å²) in [7, 11) is 0. The number of nitrogens with zero attached hydrogens (tertiary/aromatic N) is 3. The fourth-order valence-corrected chi connectivity index (χ4v) is 1.05. The first-order valence-corrected chi connectivity index (χ1v) is 4.14. The fourth-order valence-electron chi connectivity index (χ4n) is 0.672. The molecule has 0 aliphatic carbocycles. The standard InChI is InChI=1S/C6H7Cl2N3O/c1-2-3(12)4-9-5(7)11-6(8)10-4/h3,12H,2H2,1H3. The van der Waals surface area contributed by atoms with Gasteiger partial charge in [-0.2, -0.15) is 15.0 Å². The number of aliphatic hydroxyl groups excluding tert-OH is 1. The van der Waals surface area contributed by atoms with Crippen LogP contribution in [-0.2, 0) is 0 Å². The van der Waals surface area contributed by atoms with Crippen molar-refractivity contribution in [1.82, 2.24) is 15.0 Å². The molecule has 0 saturated heterocycles. The van der Waals surface area contributed by atoms with Crippen LogP contribution in [0.25, 0.3) is 0 Å². The first-order chi connectivity index (χ1) is 5.63. The molecule has 0 aliphatic rings. The molecule has 0 radical (unpaired) electrons. The quantitative estimate of drug-likeness (QED) is 0.802. The molecule has 0 spiro atoms. The van der Waals surface area contributed by atoms with Crippen molar-refractivity contribution >= 4 is 23.2 Å². The smallest absolute Gasteiger partial charge is 0.227 e. The molecular formula is C6H7Cl2N3O. The van der Waals surface area contributed by atoms with Crippen molar-refractivity contribution < 1.29 is 5.11 Å². The van der Waals surface area contributed by atoms with Crippen molar-refractivity contribution in [2.75, 3.05) is 0 Å². The molecule has 1 unspecified atom stereocenters. The van der Waals surface area contributed by atoms with Gasteiger partial charge in [-0.25, -0.2) is 0 Å². The van der Waals surface area contributed by atoms with Crippen LogP contribution in [0.4, 0.5) is 0 Å². The monoisotopic (exact) mass is 207 g/mol. The number of rotatable bonds is 2. The van der Waals surface area contributed by atoms with Gasteiger partial charge in [-0.15, -0.1) is 0 Å². The summed E-state index contributed by atoms with van der Waals surface area (Å²) < 4.78 is 0. The SMILES string of the molecule is CCC(O)c1nc(Cl)nc(Cl)n1. The van der Waals surface area contributed by atoms with Gasteiger partial charge in [0.15, 0.2) is 5.82 Å². The Morgan fingerprint density at radius 1 is 1.25 bits per heavy atom. The minimum atomic E-state index is -0.733. The lowest BCUT2D eigenvalue weighted by Gasteiger charge is -2.04. The second kappa shape index (κ2) is 3.98. The highest BCUT2D eigenvalue weighted by atomic mass is 35.5. The summed E-state index contributed by atoms with van der Waals surface area (Å²) >= 11 is 11.0. The number of aliphatic hydroxyl groups is 1. The van der Waals surface area contributed by atoms with Gasteiger partial charge >= 0.3 is 0 Å². The van der Waals surface area contributed by atoms with Gasteiger partial charge in [0.25, 0.3) is 0 Å². The lowest BCUT2D eigenvalue weighted by Crippen LogP contribution is -2.04. The zero-order chi connectivity index (χ0) is 9.14. The van der Waals surface area contributed by atoms with Crippen LogP contribution in [0.15, 0.2) is 0 Å². The molecule has 1 rings (SSSR count). The summed E-state index contributed by atoms with van der Waals surface area (Å²) in [5.74, 6) is 0.211. The third-order valence-electron chi connectivity index (χ3n) is 1.28. The van der Waals surface area contributed by atoms with Crippen LogP contribution in [0.5, 0.6) is 0 Å². The van der Waals surface area contributed by atoms with Crippen molar-refractivity contribution in [3.63, 3.8) is 0 Å². The molecule has 1 aromatic rings. The molecule has 66 valence electrons. The molecule has 0 bridgehead atoms. The van der Waals surface area contributed by atoms with Crippen LogP contribution in [0.3, 0.4) is 0 Å². The Kier molecular flexibility index (Phi) is 3.20. The topological polar surface area (TPSA) is 58.9 Å². The molecule has 0 aliphatic heterocycles. The molecular weight excluding hydrogens is 201 g/mol. The van der Waals surface area contributed by atoms with Crippen molar-refractivity contribution in [3.8, 4) is 0 Å². The summed E-state index contributed by atoms with van der Waals surface area (Å²) in [6.07, 6.45) is -0.223. The Labute approximate surface area is 79.6 Å². The van der Waals surface area contributed by atoms with E-state index >= 15 is 0 Å². The van der Waals surface area contributed by atoms with E-state index in [0.717, 1.165) is 0 Å². The van der Waals surface area contributed by atoms with Crippen molar-refractivity contribution in [1.29, 1.82) is 0 Å². The third-order valence-corrected chi connectivity index (χ3v) is 1.62. The van der Waals surface area contributed by atoms with E-state index < -0.39 is 6.10 Å². The average Bonchev–Trinajstić information content (AvgIpc) is 2.01. The summed E-state index contributed by atoms with van der Waals surface area (Å²) in [6, 6.07) is 0. The highest BCUT2D eigenvalue weighted by molar-refractivity contribution is 6.30. The normalized spacial score (nSPS) is 13.0. The molecule has 0 fully saturated rings. The van der Waals surface area contributed by atoms with Crippen LogP contribution < -0.4 is 0 Å². The molecule has 1 N–H and O–H groups in total. The Balaban J connectivity index is 3.00. The van der Waals surface area contributed by atoms with Gasteiger partial charge in [0, 0.05) is 0 Å². The second-order valence-electron chi connectivity index (χ2n) is 2.16. The Morgan fingerprint density at radius 2 is 1.75 bits per heavy atom. The van der Waals surface area contributed by atoms with Crippen molar-refractivity contribution in [2.24, 2.45) is 0 Å². The van der Waals surface area contributed by atoms with E-state index in [-0.39, 0.29) is 16.4 Å². The maximum atomic E-state index is 9.31. The lowest BCUT2D eigenvalue weighted by atomic mass is 10.3. The predicted octanol–water partition coefficient (Wildman–Crippen LogP) is 1.62. The summed E-state index contributed by atoms with van der Waals surface area (Å²) in [5, 5.41) is 9.30. The third kappa shape index (κ3) is 2.27. The van der Waals surface area contributed by atoms with E-state index in [1.807, 2.05) is 0 Å². The zero-order valence-electron chi connectivity index (χ0n) is 6.33. The largest absolute Gasteiger partial charge is 0.385 e. The van der Waals surface area contributed by atoms with Crippen LogP contribution in [-0.4, -0.2) is 20.1 Å². The van der Waals surface area contributed by atoms with E-state index in [4.69, 9.17) is 23.2 Å². The summed E-state index contributed by atoms with van der Waals surface area (Å²) in [5.41, 5.74) is 0. The van der Waals surface area contributed by atoms with Gasteiger partial charge in [0.05, 0.1) is 0 Å². The van der Waals surface area contributed by atoms with E-state index in [2.05, 4.69) is 15.0 Å². The predicted molar refractivity (Wildman–Crippen MR) is 45.1 cm³/mol. The summed E-state index contributed by atoms with van der Waals surface area (Å²) in [4.78, 5) is 11.0. The Hall–Kier alpha value is -0.450. The van der Waals surface area contributed by atoms with Gasteiger partial charge in [-0.1, -0.05) is 6.92 Å². The number of hydrogen-bond acceptors (Lipinski definition) is 4. The molecule has 0 aromatic carbocycles. The van der Waals surface area contributed by atoms with Gasteiger partial charge < -0.3 is 5.11 Å². The van der Waals surface area contributed by atoms with Gasteiger partial charge in [0.2, 0.25) is 10.6 Å². The zero-order valence-corrected chi connectivity index (χ0v) is 7.84. The van der Waals surface area contributed by atoms with Crippen molar-refractivity contribution in [2.45, 2.75) is 19.4 Å². The first-order valence-electron chi connectivity index (χ1n) is 3.38. The molecule has 0 amide bonds. The summed E-state index contributed by atoms with van der Waals surface area (Å²) in [6.45, 7) is 1.80.